The minimum Gasteiger partial charge on any atom is -0.353 e. The maximum Gasteiger partial charge on any atom is 0.232 e. The Hall–Kier alpha value is -2.09. The van der Waals surface area contributed by atoms with Crippen molar-refractivity contribution in [2.75, 3.05) is 0 Å². The maximum absolute atomic E-state index is 13.0. The fraction of sp³-hybridized carbons (Fsp3) is 0.381. The van der Waals surface area contributed by atoms with Crippen LogP contribution < -0.4 is 5.32 Å². The molecule has 1 fully saturated rings. The van der Waals surface area contributed by atoms with Crippen LogP contribution in [0.3, 0.4) is 0 Å². The Kier molecular flexibility index (Phi) is 5.46. The molecule has 1 aliphatic rings. The van der Waals surface area contributed by atoms with Crippen molar-refractivity contribution in [1.29, 1.82) is 0 Å². The van der Waals surface area contributed by atoms with Gasteiger partial charge >= 0.3 is 0 Å². The quantitative estimate of drug-likeness (QED) is 0.818. The highest BCUT2D eigenvalue weighted by Crippen LogP contribution is 2.26. The molecule has 3 rings (SSSR count). The molecule has 0 unspecified atom stereocenters. The van der Waals surface area contributed by atoms with Crippen molar-refractivity contribution in [2.24, 2.45) is 0 Å². The first-order valence-corrected chi connectivity index (χ1v) is 8.75. The molecule has 0 atom stereocenters. The second-order valence-electron chi connectivity index (χ2n) is 6.45. The fourth-order valence-electron chi connectivity index (χ4n) is 3.49. The minimum absolute atomic E-state index is 0.134. The predicted octanol–water partition coefficient (Wildman–Crippen LogP) is 4.66. The Balaban J connectivity index is 1.81. The molecule has 1 N–H and O–H groups in total. The van der Waals surface area contributed by atoms with Crippen LogP contribution in [0.2, 0.25) is 0 Å². The van der Waals surface area contributed by atoms with Crippen molar-refractivity contribution in [3.63, 3.8) is 0 Å². The number of rotatable bonds is 4. The van der Waals surface area contributed by atoms with Gasteiger partial charge in [0, 0.05) is 6.04 Å². The molecule has 0 radical (unpaired) electrons. The highest BCUT2D eigenvalue weighted by Gasteiger charge is 2.25. The molecule has 1 amide bonds. The number of hydrogen-bond donors (Lipinski definition) is 1. The third-order valence-corrected chi connectivity index (χ3v) is 4.73. The minimum atomic E-state index is -0.222. The van der Waals surface area contributed by atoms with Crippen LogP contribution in [-0.2, 0) is 4.79 Å². The number of carbonyl (C=O) groups excluding carboxylic acids is 1. The van der Waals surface area contributed by atoms with E-state index in [-0.39, 0.29) is 11.8 Å². The molecule has 0 aromatic heterocycles. The summed E-state index contributed by atoms with van der Waals surface area (Å²) in [5.41, 5.74) is 2.12. The molecule has 0 spiro atoms. The van der Waals surface area contributed by atoms with Crippen LogP contribution in [-0.4, -0.2) is 11.9 Å². The van der Waals surface area contributed by atoms with E-state index in [9.17, 15) is 4.79 Å². The smallest absolute Gasteiger partial charge is 0.232 e. The van der Waals surface area contributed by atoms with Crippen LogP contribution >= 0.6 is 0 Å². The van der Waals surface area contributed by atoms with E-state index in [2.05, 4.69) is 5.32 Å². The molecule has 120 valence electrons. The lowest BCUT2D eigenvalue weighted by Gasteiger charge is -2.22. The zero-order chi connectivity index (χ0) is 15.9. The number of hydrogen-bond acceptors (Lipinski definition) is 1. The molecule has 1 aliphatic carbocycles. The number of carbonyl (C=O) groups is 1. The Morgan fingerprint density at radius 1 is 0.783 bits per heavy atom. The van der Waals surface area contributed by atoms with Crippen molar-refractivity contribution in [3.05, 3.63) is 71.8 Å². The van der Waals surface area contributed by atoms with Gasteiger partial charge in [-0.15, -0.1) is 0 Å². The van der Waals surface area contributed by atoms with E-state index in [1.807, 2.05) is 60.7 Å². The maximum atomic E-state index is 13.0. The number of amides is 1. The average molecular weight is 307 g/mol. The second-order valence-corrected chi connectivity index (χ2v) is 6.45. The molecular weight excluding hydrogens is 282 g/mol. The normalized spacial score (nSPS) is 16.0. The molecule has 2 aromatic rings. The van der Waals surface area contributed by atoms with Crippen molar-refractivity contribution in [2.45, 2.75) is 50.5 Å². The lowest BCUT2D eigenvalue weighted by molar-refractivity contribution is -0.122. The Labute approximate surface area is 138 Å². The molecule has 2 nitrogen and oxygen atoms in total. The topological polar surface area (TPSA) is 29.1 Å². The van der Waals surface area contributed by atoms with E-state index >= 15 is 0 Å². The van der Waals surface area contributed by atoms with Gasteiger partial charge in [-0.1, -0.05) is 86.3 Å². The SMILES string of the molecule is O=C(NC1CCCCCC1)C(c1ccccc1)c1ccccc1. The molecule has 0 bridgehead atoms. The van der Waals surface area contributed by atoms with Gasteiger partial charge in [0.25, 0.3) is 0 Å². The molecule has 2 heteroatoms. The summed E-state index contributed by atoms with van der Waals surface area (Å²) >= 11 is 0. The van der Waals surface area contributed by atoms with Crippen LogP contribution in [0, 0.1) is 0 Å². The first-order valence-electron chi connectivity index (χ1n) is 8.75. The first kappa shape index (κ1) is 15.8. The van der Waals surface area contributed by atoms with Crippen molar-refractivity contribution < 1.29 is 4.79 Å². The van der Waals surface area contributed by atoms with E-state index in [1.54, 1.807) is 0 Å². The molecule has 0 heterocycles. The third kappa shape index (κ3) is 4.22. The standard InChI is InChI=1S/C21H25NO/c23-21(22-19-15-9-1-2-10-16-19)20(17-11-5-3-6-12-17)18-13-7-4-8-14-18/h3-8,11-14,19-20H,1-2,9-10,15-16H2,(H,22,23). The van der Waals surface area contributed by atoms with Crippen molar-refractivity contribution in [1.82, 2.24) is 5.32 Å². The van der Waals surface area contributed by atoms with E-state index < -0.39 is 0 Å². The van der Waals surface area contributed by atoms with Gasteiger partial charge in [0.1, 0.15) is 0 Å². The Morgan fingerprint density at radius 3 is 1.74 bits per heavy atom. The molecule has 1 saturated carbocycles. The lowest BCUT2D eigenvalue weighted by Crippen LogP contribution is -2.38. The van der Waals surface area contributed by atoms with Gasteiger partial charge in [-0.2, -0.15) is 0 Å². The third-order valence-electron chi connectivity index (χ3n) is 4.73. The summed E-state index contributed by atoms with van der Waals surface area (Å²) < 4.78 is 0. The van der Waals surface area contributed by atoms with Gasteiger partial charge in [-0.25, -0.2) is 0 Å². The van der Waals surface area contributed by atoms with Gasteiger partial charge in [0.15, 0.2) is 0 Å². The van der Waals surface area contributed by atoms with Crippen molar-refractivity contribution >= 4 is 5.91 Å². The van der Waals surface area contributed by atoms with E-state index in [1.165, 1.54) is 25.7 Å². The van der Waals surface area contributed by atoms with Crippen LogP contribution in [0.5, 0.6) is 0 Å². The van der Waals surface area contributed by atoms with Crippen LogP contribution in [0.4, 0.5) is 0 Å². The largest absolute Gasteiger partial charge is 0.353 e. The van der Waals surface area contributed by atoms with E-state index in [0.717, 1.165) is 24.0 Å². The van der Waals surface area contributed by atoms with Gasteiger partial charge in [-0.3, -0.25) is 4.79 Å². The zero-order valence-corrected chi connectivity index (χ0v) is 13.6. The first-order chi connectivity index (χ1) is 11.3. The summed E-state index contributed by atoms with van der Waals surface area (Å²) in [6.07, 6.45) is 7.28. The Morgan fingerprint density at radius 2 is 1.26 bits per heavy atom. The molecule has 0 aliphatic heterocycles. The summed E-state index contributed by atoms with van der Waals surface area (Å²) in [5.74, 6) is -0.0880. The second kappa shape index (κ2) is 7.96. The van der Waals surface area contributed by atoms with E-state index in [0.29, 0.717) is 6.04 Å². The van der Waals surface area contributed by atoms with Crippen LogP contribution in [0.15, 0.2) is 60.7 Å². The van der Waals surface area contributed by atoms with Gasteiger partial charge in [-0.05, 0) is 24.0 Å². The number of nitrogens with one attached hydrogen (secondary N) is 1. The average Bonchev–Trinajstić information content (AvgIpc) is 2.86. The summed E-state index contributed by atoms with van der Waals surface area (Å²) in [5, 5.41) is 3.32. The molecular formula is C21H25NO. The zero-order valence-electron chi connectivity index (χ0n) is 13.6. The Bertz CT molecular complexity index is 561. The number of benzene rings is 2. The summed E-state index contributed by atoms with van der Waals surface area (Å²) in [6.45, 7) is 0. The predicted molar refractivity (Wildman–Crippen MR) is 94.4 cm³/mol. The summed E-state index contributed by atoms with van der Waals surface area (Å²) in [7, 11) is 0. The summed E-state index contributed by atoms with van der Waals surface area (Å²) in [6, 6.07) is 20.5. The van der Waals surface area contributed by atoms with Crippen molar-refractivity contribution in [3.8, 4) is 0 Å². The highest BCUT2D eigenvalue weighted by molar-refractivity contribution is 5.87. The van der Waals surface area contributed by atoms with Crippen LogP contribution in [0.25, 0.3) is 0 Å². The summed E-state index contributed by atoms with van der Waals surface area (Å²) in [4.78, 5) is 13.0. The van der Waals surface area contributed by atoms with Gasteiger partial charge in [0.05, 0.1) is 5.92 Å². The molecule has 2 aromatic carbocycles. The monoisotopic (exact) mass is 307 g/mol. The molecule has 23 heavy (non-hydrogen) atoms. The van der Waals surface area contributed by atoms with Gasteiger partial charge < -0.3 is 5.32 Å². The highest BCUT2D eigenvalue weighted by atomic mass is 16.1. The molecule has 0 saturated heterocycles. The van der Waals surface area contributed by atoms with Crippen LogP contribution in [0.1, 0.15) is 55.6 Å². The fourth-order valence-corrected chi connectivity index (χ4v) is 3.49. The lowest BCUT2D eigenvalue weighted by atomic mass is 9.90. The van der Waals surface area contributed by atoms with Gasteiger partial charge in [0.2, 0.25) is 5.91 Å². The van der Waals surface area contributed by atoms with E-state index in [4.69, 9.17) is 0 Å².